The lowest BCUT2D eigenvalue weighted by Crippen LogP contribution is -2.01. The lowest BCUT2D eigenvalue weighted by Gasteiger charge is -1.96. The number of hydrogen-bond donors (Lipinski definition) is 1. The van der Waals surface area contributed by atoms with Gasteiger partial charge in [0, 0.05) is 4.47 Å². The molecule has 1 N–H and O–H groups in total. The van der Waals surface area contributed by atoms with Gasteiger partial charge in [-0.1, -0.05) is 34.1 Å². The van der Waals surface area contributed by atoms with Crippen LogP contribution < -0.4 is 5.43 Å². The summed E-state index contributed by atoms with van der Waals surface area (Å²) in [5, 5.41) is 9.75. The zero-order valence-electron chi connectivity index (χ0n) is 10.7. The molecule has 0 bridgehead atoms. The first kappa shape index (κ1) is 15.1. The standard InChI is InChI=1S/C16H10BrFO3/c17-11-4-8-15(20)16(21)13(9-11)14(19)7-3-10-1-5-12(18)6-2-10/h1-9H,(H,20,21)/b7-3+. The van der Waals surface area contributed by atoms with Crippen LogP contribution in [-0.4, -0.2) is 10.9 Å². The number of halogens is 2. The molecule has 21 heavy (non-hydrogen) atoms. The zero-order valence-corrected chi connectivity index (χ0v) is 12.3. The van der Waals surface area contributed by atoms with Crippen LogP contribution in [0.1, 0.15) is 15.9 Å². The maximum absolute atomic E-state index is 12.8. The second kappa shape index (κ2) is 6.45. The van der Waals surface area contributed by atoms with Crippen LogP contribution in [0, 0.1) is 5.82 Å². The van der Waals surface area contributed by atoms with Crippen molar-refractivity contribution in [3.05, 3.63) is 80.2 Å². The van der Waals surface area contributed by atoms with Crippen LogP contribution in [0.4, 0.5) is 4.39 Å². The van der Waals surface area contributed by atoms with E-state index in [1.165, 1.54) is 54.6 Å². The predicted molar refractivity (Wildman–Crippen MR) is 81.8 cm³/mol. The fourth-order valence-electron chi connectivity index (χ4n) is 1.64. The molecule has 0 aliphatic carbocycles. The molecule has 0 aliphatic rings. The Hall–Kier alpha value is -2.27. The Kier molecular flexibility index (Phi) is 4.65. The molecule has 0 saturated carbocycles. The van der Waals surface area contributed by atoms with E-state index < -0.39 is 17.0 Å². The van der Waals surface area contributed by atoms with Crippen LogP contribution in [0.25, 0.3) is 6.08 Å². The summed E-state index contributed by atoms with van der Waals surface area (Å²) in [7, 11) is 0. The smallest absolute Gasteiger partial charge is 0.220 e. The highest BCUT2D eigenvalue weighted by atomic mass is 79.9. The third kappa shape index (κ3) is 3.86. The SMILES string of the molecule is O=C(/C=C/c1ccc(F)cc1)c1cc(Br)ccc(=O)c1O. The first-order valence-electron chi connectivity index (χ1n) is 5.98. The molecular formula is C16H10BrFO3. The number of rotatable bonds is 3. The molecule has 2 aromatic rings. The van der Waals surface area contributed by atoms with Crippen molar-refractivity contribution in [2.45, 2.75) is 0 Å². The lowest BCUT2D eigenvalue weighted by molar-refractivity contribution is 0.104. The highest BCUT2D eigenvalue weighted by Gasteiger charge is 2.10. The third-order valence-electron chi connectivity index (χ3n) is 2.73. The van der Waals surface area contributed by atoms with Crippen LogP contribution >= 0.6 is 15.9 Å². The van der Waals surface area contributed by atoms with Crippen molar-refractivity contribution in [3.63, 3.8) is 0 Å². The van der Waals surface area contributed by atoms with Gasteiger partial charge in [-0.3, -0.25) is 9.59 Å². The van der Waals surface area contributed by atoms with E-state index in [0.717, 1.165) is 0 Å². The Morgan fingerprint density at radius 3 is 2.48 bits per heavy atom. The van der Waals surface area contributed by atoms with Crippen molar-refractivity contribution in [2.75, 3.05) is 0 Å². The van der Waals surface area contributed by atoms with Crippen LogP contribution in [0.15, 0.2) is 57.8 Å². The fourth-order valence-corrected chi connectivity index (χ4v) is 2.01. The number of benzene rings is 1. The summed E-state index contributed by atoms with van der Waals surface area (Å²) in [6.07, 6.45) is 2.70. The molecule has 0 saturated heterocycles. The second-order valence-electron chi connectivity index (χ2n) is 4.24. The molecule has 0 radical (unpaired) electrons. The molecule has 5 heteroatoms. The van der Waals surface area contributed by atoms with Gasteiger partial charge in [-0.05, 0) is 42.0 Å². The van der Waals surface area contributed by atoms with E-state index in [9.17, 15) is 19.1 Å². The number of carbonyl (C=O) groups excluding carboxylic acids is 1. The Balaban J connectivity index is 2.35. The quantitative estimate of drug-likeness (QED) is 0.681. The molecule has 0 atom stereocenters. The van der Waals surface area contributed by atoms with Crippen molar-refractivity contribution >= 4 is 27.8 Å². The highest BCUT2D eigenvalue weighted by Crippen LogP contribution is 2.17. The van der Waals surface area contributed by atoms with E-state index in [1.54, 1.807) is 0 Å². The molecule has 2 aromatic carbocycles. The summed E-state index contributed by atoms with van der Waals surface area (Å²) in [6.45, 7) is 0. The van der Waals surface area contributed by atoms with Gasteiger partial charge in [-0.25, -0.2) is 4.39 Å². The summed E-state index contributed by atoms with van der Waals surface area (Å²) >= 11 is 3.16. The van der Waals surface area contributed by atoms with Crippen molar-refractivity contribution < 1.29 is 14.3 Å². The largest absolute Gasteiger partial charge is 0.504 e. The van der Waals surface area contributed by atoms with Crippen LogP contribution in [0.5, 0.6) is 5.75 Å². The number of carbonyl (C=O) groups is 1. The van der Waals surface area contributed by atoms with E-state index in [-0.39, 0.29) is 11.4 Å². The zero-order chi connectivity index (χ0) is 15.4. The summed E-state index contributed by atoms with van der Waals surface area (Å²) < 4.78 is 13.3. The molecule has 106 valence electrons. The first-order chi connectivity index (χ1) is 9.97. The molecule has 0 unspecified atom stereocenters. The minimum atomic E-state index is -0.640. The topological polar surface area (TPSA) is 54.4 Å². The van der Waals surface area contributed by atoms with Crippen LogP contribution in [0.2, 0.25) is 0 Å². The number of ketones is 1. The fraction of sp³-hybridized carbons (Fsp3) is 0. The minimum absolute atomic E-state index is 0.102. The summed E-state index contributed by atoms with van der Waals surface area (Å²) in [6, 6.07) is 9.56. The summed E-state index contributed by atoms with van der Waals surface area (Å²) in [4.78, 5) is 23.6. The van der Waals surface area contributed by atoms with Crippen molar-refractivity contribution in [1.82, 2.24) is 0 Å². The Labute approximate surface area is 128 Å². The van der Waals surface area contributed by atoms with Crippen LogP contribution in [-0.2, 0) is 0 Å². The van der Waals surface area contributed by atoms with Crippen molar-refractivity contribution in [3.8, 4) is 5.75 Å². The number of allylic oxidation sites excluding steroid dienone is 1. The number of aromatic hydroxyl groups is 1. The maximum atomic E-state index is 12.8. The van der Waals surface area contributed by atoms with Crippen molar-refractivity contribution in [1.29, 1.82) is 0 Å². The van der Waals surface area contributed by atoms with E-state index in [4.69, 9.17) is 0 Å². The van der Waals surface area contributed by atoms with Crippen LogP contribution in [0.3, 0.4) is 0 Å². The molecule has 3 nitrogen and oxygen atoms in total. The van der Waals surface area contributed by atoms with Gasteiger partial charge in [0.1, 0.15) is 5.82 Å². The molecule has 0 heterocycles. The normalized spacial score (nSPS) is 10.8. The van der Waals surface area contributed by atoms with Gasteiger partial charge in [0.2, 0.25) is 5.43 Å². The van der Waals surface area contributed by atoms with Gasteiger partial charge >= 0.3 is 0 Å². The van der Waals surface area contributed by atoms with Gasteiger partial charge in [0.15, 0.2) is 11.5 Å². The molecule has 0 spiro atoms. The van der Waals surface area contributed by atoms with E-state index in [2.05, 4.69) is 15.9 Å². The third-order valence-corrected chi connectivity index (χ3v) is 3.22. The Bertz CT molecular complexity index is 767. The van der Waals surface area contributed by atoms with E-state index in [1.807, 2.05) is 0 Å². The van der Waals surface area contributed by atoms with Gasteiger partial charge < -0.3 is 5.11 Å². The maximum Gasteiger partial charge on any atom is 0.220 e. The summed E-state index contributed by atoms with van der Waals surface area (Å²) in [5.41, 5.74) is -0.111. The predicted octanol–water partition coefficient (Wildman–Crippen LogP) is 3.55. The molecule has 0 amide bonds. The van der Waals surface area contributed by atoms with Gasteiger partial charge in [0.05, 0.1) is 5.56 Å². The second-order valence-corrected chi connectivity index (χ2v) is 5.15. The molecule has 0 aliphatic heterocycles. The van der Waals surface area contributed by atoms with Gasteiger partial charge in [-0.2, -0.15) is 0 Å². The molecular weight excluding hydrogens is 339 g/mol. The Morgan fingerprint density at radius 2 is 1.81 bits per heavy atom. The molecule has 0 aromatic heterocycles. The average molecular weight is 349 g/mol. The van der Waals surface area contributed by atoms with Gasteiger partial charge in [-0.15, -0.1) is 0 Å². The molecule has 0 fully saturated rings. The highest BCUT2D eigenvalue weighted by molar-refractivity contribution is 9.10. The van der Waals surface area contributed by atoms with E-state index >= 15 is 0 Å². The number of hydrogen-bond acceptors (Lipinski definition) is 3. The lowest BCUT2D eigenvalue weighted by atomic mass is 10.1. The van der Waals surface area contributed by atoms with E-state index in [0.29, 0.717) is 10.0 Å². The minimum Gasteiger partial charge on any atom is -0.504 e. The Morgan fingerprint density at radius 1 is 1.14 bits per heavy atom. The average Bonchev–Trinajstić information content (AvgIpc) is 2.60. The monoisotopic (exact) mass is 348 g/mol. The molecule has 2 rings (SSSR count). The van der Waals surface area contributed by atoms with Gasteiger partial charge in [0.25, 0.3) is 0 Å². The first-order valence-corrected chi connectivity index (χ1v) is 6.77. The van der Waals surface area contributed by atoms with Crippen molar-refractivity contribution in [2.24, 2.45) is 0 Å². The summed E-state index contributed by atoms with van der Waals surface area (Å²) in [5.74, 6) is -1.49.